The molecule has 0 saturated carbocycles. The second-order valence-electron chi connectivity index (χ2n) is 2.78. The molecule has 104 valence electrons. The smallest absolute Gasteiger partial charge is 0.317 e. The van der Waals surface area contributed by atoms with Crippen LogP contribution in [0.25, 0.3) is 0 Å². The molecule has 2 nitrogen and oxygen atoms in total. The van der Waals surface area contributed by atoms with E-state index in [2.05, 4.69) is 32.7 Å². The molecule has 0 amide bonds. The Hall–Kier alpha value is 0.0800. The molecule has 0 aliphatic heterocycles. The van der Waals surface area contributed by atoms with E-state index in [1.54, 1.807) is 0 Å². The molecule has 0 aromatic heterocycles. The Kier molecular flexibility index (Phi) is 6.90. The molecular weight excluding hydrogens is 301 g/mol. The van der Waals surface area contributed by atoms with Crippen molar-refractivity contribution in [3.8, 4) is 0 Å². The summed E-state index contributed by atoms with van der Waals surface area (Å²) in [5, 5.41) is 0. The summed E-state index contributed by atoms with van der Waals surface area (Å²) in [7, 11) is 0. The fourth-order valence-corrected chi connectivity index (χ4v) is 0.727. The maximum Gasteiger partial charge on any atom is 0.400 e. The van der Waals surface area contributed by atoms with Crippen LogP contribution in [0.5, 0.6) is 0 Å². The molecule has 0 aliphatic carbocycles. The standard InChI is InChI=1S/C7H8Cl2F6O2/c8-4(10)6(12,13)16-2-1-3-17-7(14,15)5(9)11/h4-5H,1-3H2/t4-,5+. The molecule has 0 aliphatic rings. The molecule has 0 fully saturated rings. The Balaban J connectivity index is 3.74. The molecular formula is C7H8Cl2F6O2. The third kappa shape index (κ3) is 6.54. The summed E-state index contributed by atoms with van der Waals surface area (Å²) in [4.78, 5) is 0. The molecule has 0 unspecified atom stereocenters. The van der Waals surface area contributed by atoms with Gasteiger partial charge in [-0.2, -0.15) is 17.6 Å². The maximum atomic E-state index is 12.3. The third-order valence-corrected chi connectivity index (χ3v) is 1.89. The lowest BCUT2D eigenvalue weighted by Gasteiger charge is -2.18. The Bertz CT molecular complexity index is 204. The van der Waals surface area contributed by atoms with Crippen molar-refractivity contribution < 1.29 is 35.8 Å². The second-order valence-corrected chi connectivity index (χ2v) is 3.54. The van der Waals surface area contributed by atoms with Crippen LogP contribution in [0.1, 0.15) is 6.42 Å². The molecule has 0 heterocycles. The van der Waals surface area contributed by atoms with Crippen molar-refractivity contribution in [2.75, 3.05) is 13.2 Å². The average Bonchev–Trinajstić information content (AvgIpc) is 2.16. The zero-order valence-electron chi connectivity index (χ0n) is 8.12. The van der Waals surface area contributed by atoms with E-state index in [9.17, 15) is 26.3 Å². The first-order valence-corrected chi connectivity index (χ1v) is 5.06. The molecule has 10 heteroatoms. The van der Waals surface area contributed by atoms with Crippen LogP contribution in [0.4, 0.5) is 26.3 Å². The quantitative estimate of drug-likeness (QED) is 0.387. The molecule has 0 N–H and O–H groups in total. The monoisotopic (exact) mass is 308 g/mol. The van der Waals surface area contributed by atoms with Gasteiger partial charge in [-0.1, -0.05) is 23.2 Å². The fourth-order valence-electron chi connectivity index (χ4n) is 0.601. The molecule has 0 radical (unpaired) electrons. The first-order chi connectivity index (χ1) is 7.59. The molecule has 0 aromatic rings. The molecule has 0 spiro atoms. The van der Waals surface area contributed by atoms with E-state index in [0.29, 0.717) is 0 Å². The minimum Gasteiger partial charge on any atom is -0.317 e. The van der Waals surface area contributed by atoms with Gasteiger partial charge in [0, 0.05) is 0 Å². The second kappa shape index (κ2) is 6.86. The van der Waals surface area contributed by atoms with Gasteiger partial charge in [0.15, 0.2) is 0 Å². The van der Waals surface area contributed by atoms with E-state index in [0.717, 1.165) is 0 Å². The van der Waals surface area contributed by atoms with Gasteiger partial charge in [-0.05, 0) is 6.42 Å². The highest BCUT2D eigenvalue weighted by Crippen LogP contribution is 2.27. The Morgan fingerprint density at radius 3 is 1.35 bits per heavy atom. The number of rotatable bonds is 8. The van der Waals surface area contributed by atoms with Crippen molar-refractivity contribution >= 4 is 23.2 Å². The van der Waals surface area contributed by atoms with Crippen LogP contribution < -0.4 is 0 Å². The van der Waals surface area contributed by atoms with Crippen LogP contribution in [0.3, 0.4) is 0 Å². The van der Waals surface area contributed by atoms with Crippen molar-refractivity contribution in [2.45, 2.75) is 29.9 Å². The summed E-state index contributed by atoms with van der Waals surface area (Å²) in [6.45, 7) is -1.59. The zero-order chi connectivity index (χ0) is 13.7. The third-order valence-electron chi connectivity index (χ3n) is 1.39. The highest BCUT2D eigenvalue weighted by atomic mass is 35.5. The van der Waals surface area contributed by atoms with Crippen LogP contribution in [-0.2, 0) is 9.47 Å². The normalized spacial score (nSPS) is 16.9. The molecule has 17 heavy (non-hydrogen) atoms. The van der Waals surface area contributed by atoms with Gasteiger partial charge in [0.05, 0.1) is 13.2 Å². The average molecular weight is 309 g/mol. The van der Waals surface area contributed by atoms with Crippen LogP contribution >= 0.6 is 23.2 Å². The number of halogens is 8. The van der Waals surface area contributed by atoms with E-state index in [-0.39, 0.29) is 0 Å². The van der Waals surface area contributed by atoms with Crippen molar-refractivity contribution in [3.05, 3.63) is 0 Å². The Morgan fingerprint density at radius 1 is 0.824 bits per heavy atom. The van der Waals surface area contributed by atoms with Gasteiger partial charge in [0.25, 0.3) is 11.3 Å². The minimum atomic E-state index is -4.22. The van der Waals surface area contributed by atoms with E-state index in [1.165, 1.54) is 0 Å². The highest BCUT2D eigenvalue weighted by Gasteiger charge is 2.41. The largest absolute Gasteiger partial charge is 0.400 e. The van der Waals surface area contributed by atoms with Gasteiger partial charge >= 0.3 is 12.2 Å². The minimum absolute atomic E-state index is 0.446. The summed E-state index contributed by atoms with van der Waals surface area (Å²) in [5.74, 6) is 0. The van der Waals surface area contributed by atoms with E-state index < -0.39 is 43.1 Å². The van der Waals surface area contributed by atoms with Gasteiger partial charge < -0.3 is 9.47 Å². The molecule has 0 rings (SSSR count). The van der Waals surface area contributed by atoms with E-state index >= 15 is 0 Å². The molecule has 0 aromatic carbocycles. The van der Waals surface area contributed by atoms with Crippen molar-refractivity contribution in [3.63, 3.8) is 0 Å². The fraction of sp³-hybridized carbons (Fsp3) is 1.00. The van der Waals surface area contributed by atoms with Crippen LogP contribution in [0, 0.1) is 0 Å². The predicted octanol–water partition coefficient (Wildman–Crippen LogP) is 3.66. The summed E-state index contributed by atoms with van der Waals surface area (Å²) >= 11 is 8.87. The lowest BCUT2D eigenvalue weighted by atomic mass is 10.5. The number of hydrogen-bond donors (Lipinski definition) is 0. The van der Waals surface area contributed by atoms with Gasteiger partial charge in [-0.15, -0.1) is 0 Å². The van der Waals surface area contributed by atoms with Gasteiger partial charge in [0.1, 0.15) is 0 Å². The van der Waals surface area contributed by atoms with Crippen molar-refractivity contribution in [2.24, 2.45) is 0 Å². The van der Waals surface area contributed by atoms with Crippen molar-refractivity contribution in [1.29, 1.82) is 0 Å². The lowest BCUT2D eigenvalue weighted by molar-refractivity contribution is -0.271. The van der Waals surface area contributed by atoms with Gasteiger partial charge in [0.2, 0.25) is 0 Å². The molecule has 0 bridgehead atoms. The van der Waals surface area contributed by atoms with E-state index in [1.807, 2.05) is 0 Å². The Morgan fingerprint density at radius 2 is 1.12 bits per heavy atom. The van der Waals surface area contributed by atoms with Gasteiger partial charge in [-0.25, -0.2) is 8.78 Å². The van der Waals surface area contributed by atoms with E-state index in [4.69, 9.17) is 0 Å². The molecule has 2 atom stereocenters. The van der Waals surface area contributed by atoms with Gasteiger partial charge in [-0.3, -0.25) is 0 Å². The first kappa shape index (κ1) is 17.1. The number of hydrogen-bond acceptors (Lipinski definition) is 2. The van der Waals surface area contributed by atoms with Crippen LogP contribution in [-0.4, -0.2) is 36.7 Å². The number of ether oxygens (including phenoxy) is 2. The highest BCUT2D eigenvalue weighted by molar-refractivity contribution is 6.20. The molecule has 0 saturated heterocycles. The summed E-state index contributed by atoms with van der Waals surface area (Å²) < 4.78 is 80.6. The predicted molar refractivity (Wildman–Crippen MR) is 47.9 cm³/mol. The topological polar surface area (TPSA) is 18.5 Å². The number of alkyl halides is 8. The first-order valence-electron chi connectivity index (χ1n) is 4.19. The summed E-state index contributed by atoms with van der Waals surface area (Å²) in [5.41, 5.74) is -6.11. The SMILES string of the molecule is F[C@H](Cl)C(F)(F)OCCCOC(F)(F)[C@@H](F)Cl. The van der Waals surface area contributed by atoms with Crippen LogP contribution in [0.15, 0.2) is 0 Å². The van der Waals surface area contributed by atoms with Crippen LogP contribution in [0.2, 0.25) is 0 Å². The Labute approximate surface area is 103 Å². The zero-order valence-corrected chi connectivity index (χ0v) is 9.63. The summed E-state index contributed by atoms with van der Waals surface area (Å²) in [6, 6.07) is 0. The van der Waals surface area contributed by atoms with Crippen molar-refractivity contribution in [1.82, 2.24) is 0 Å². The lowest BCUT2D eigenvalue weighted by Crippen LogP contribution is -2.32. The summed E-state index contributed by atoms with van der Waals surface area (Å²) in [6.07, 6.45) is -8.89. The maximum absolute atomic E-state index is 12.3.